The van der Waals surface area contributed by atoms with Crippen LogP contribution in [0.5, 0.6) is 0 Å². The quantitative estimate of drug-likeness (QED) is 0.736. The number of aliphatic hydroxyl groups excluding tert-OH is 1. The fourth-order valence-corrected chi connectivity index (χ4v) is 7.37. The van der Waals surface area contributed by atoms with Gasteiger partial charge in [-0.25, -0.2) is 0 Å². The van der Waals surface area contributed by atoms with Gasteiger partial charge in [-0.05, 0) is 38.4 Å². The first-order valence-electron chi connectivity index (χ1n) is 6.22. The standard InChI is InChI=1S/C13H23NOSi/c1-13(2,3)14-10-6-7-11-12(10)16(11,4)9-5-8-15/h7,14-15H,5-6,8-9H2,1-4H3. The van der Waals surface area contributed by atoms with Crippen molar-refractivity contribution in [1.29, 1.82) is 0 Å². The Kier molecular flexibility index (Phi) is 2.79. The van der Waals surface area contributed by atoms with E-state index >= 15 is 0 Å². The molecule has 90 valence electrons. The zero-order valence-corrected chi connectivity index (χ0v) is 11.9. The van der Waals surface area contributed by atoms with E-state index in [0.717, 1.165) is 12.8 Å². The van der Waals surface area contributed by atoms with Crippen LogP contribution in [-0.2, 0) is 0 Å². The molecule has 1 aliphatic carbocycles. The van der Waals surface area contributed by atoms with Gasteiger partial charge in [0.05, 0.1) is 0 Å². The lowest BCUT2D eigenvalue weighted by Gasteiger charge is -2.24. The van der Waals surface area contributed by atoms with Crippen LogP contribution >= 0.6 is 0 Å². The molecule has 0 aromatic rings. The molecule has 1 atom stereocenters. The van der Waals surface area contributed by atoms with Crippen molar-refractivity contribution in [1.82, 2.24) is 5.32 Å². The summed E-state index contributed by atoms with van der Waals surface area (Å²) in [7, 11) is -1.22. The zero-order valence-electron chi connectivity index (χ0n) is 10.9. The van der Waals surface area contributed by atoms with Gasteiger partial charge in [0.15, 0.2) is 0 Å². The number of aliphatic hydroxyl groups is 1. The Morgan fingerprint density at radius 3 is 2.69 bits per heavy atom. The van der Waals surface area contributed by atoms with E-state index in [1.165, 1.54) is 11.7 Å². The molecule has 1 unspecified atom stereocenters. The van der Waals surface area contributed by atoms with E-state index in [9.17, 15) is 0 Å². The zero-order chi connectivity index (χ0) is 12.0. The van der Waals surface area contributed by atoms with Gasteiger partial charge in [0, 0.05) is 24.3 Å². The Hall–Kier alpha value is -0.543. The molecule has 2 aliphatic rings. The van der Waals surface area contributed by atoms with Gasteiger partial charge < -0.3 is 10.4 Å². The van der Waals surface area contributed by atoms with Crippen LogP contribution in [0.3, 0.4) is 0 Å². The molecule has 3 heteroatoms. The molecule has 0 radical (unpaired) electrons. The Morgan fingerprint density at radius 1 is 1.44 bits per heavy atom. The molecule has 1 aliphatic heterocycles. The molecule has 16 heavy (non-hydrogen) atoms. The number of fused-ring (bicyclic) bond motifs is 1. The molecule has 0 amide bonds. The second-order valence-corrected chi connectivity index (χ2v) is 10.4. The first-order valence-corrected chi connectivity index (χ1v) is 8.93. The number of rotatable bonds is 4. The summed E-state index contributed by atoms with van der Waals surface area (Å²) in [5.41, 5.74) is 1.63. The molecule has 2 nitrogen and oxygen atoms in total. The molecule has 1 saturated heterocycles. The minimum Gasteiger partial charge on any atom is -0.396 e. The Bertz CT molecular complexity index is 365. The van der Waals surface area contributed by atoms with Crippen molar-refractivity contribution >= 4 is 8.07 Å². The summed E-state index contributed by atoms with van der Waals surface area (Å²) >= 11 is 0. The maximum absolute atomic E-state index is 8.94. The topological polar surface area (TPSA) is 32.3 Å². The van der Waals surface area contributed by atoms with E-state index in [1.54, 1.807) is 10.4 Å². The second-order valence-electron chi connectivity index (χ2n) is 6.21. The van der Waals surface area contributed by atoms with Gasteiger partial charge in [0.2, 0.25) is 0 Å². The van der Waals surface area contributed by atoms with Crippen LogP contribution in [0.2, 0.25) is 12.6 Å². The monoisotopic (exact) mass is 237 g/mol. The fourth-order valence-electron chi connectivity index (χ4n) is 2.83. The van der Waals surface area contributed by atoms with Gasteiger partial charge in [-0.1, -0.05) is 17.8 Å². The largest absolute Gasteiger partial charge is 0.396 e. The highest BCUT2D eigenvalue weighted by Crippen LogP contribution is 2.55. The maximum Gasteiger partial charge on any atom is 0.116 e. The van der Waals surface area contributed by atoms with E-state index in [1.807, 2.05) is 0 Å². The van der Waals surface area contributed by atoms with Crippen molar-refractivity contribution in [2.75, 3.05) is 6.61 Å². The van der Waals surface area contributed by atoms with Crippen LogP contribution in [0, 0.1) is 0 Å². The van der Waals surface area contributed by atoms with E-state index in [4.69, 9.17) is 5.11 Å². The molecule has 0 saturated carbocycles. The summed E-state index contributed by atoms with van der Waals surface area (Å²) in [5, 5.41) is 15.9. The van der Waals surface area contributed by atoms with Crippen LogP contribution < -0.4 is 5.32 Å². The molecule has 0 aromatic carbocycles. The molecule has 0 bridgehead atoms. The molecule has 2 N–H and O–H groups in total. The van der Waals surface area contributed by atoms with E-state index in [0.29, 0.717) is 6.61 Å². The van der Waals surface area contributed by atoms with E-state index < -0.39 is 8.07 Å². The number of nitrogens with one attached hydrogen (secondary N) is 1. The lowest BCUT2D eigenvalue weighted by Crippen LogP contribution is -2.35. The Balaban J connectivity index is 2.08. The molecule has 1 heterocycles. The third-order valence-corrected chi connectivity index (χ3v) is 7.95. The average molecular weight is 237 g/mol. The molecule has 2 rings (SSSR count). The van der Waals surface area contributed by atoms with E-state index in [-0.39, 0.29) is 5.54 Å². The third kappa shape index (κ3) is 1.98. The van der Waals surface area contributed by atoms with Crippen molar-refractivity contribution in [3.8, 4) is 0 Å². The van der Waals surface area contributed by atoms with Gasteiger partial charge in [-0.3, -0.25) is 0 Å². The molecular formula is C13H23NOSi. The van der Waals surface area contributed by atoms with Gasteiger partial charge in [0.1, 0.15) is 8.07 Å². The average Bonchev–Trinajstić information content (AvgIpc) is 2.53. The van der Waals surface area contributed by atoms with E-state index in [2.05, 4.69) is 38.7 Å². The lowest BCUT2D eigenvalue weighted by molar-refractivity contribution is 0.294. The number of hydrogen-bond acceptors (Lipinski definition) is 2. The third-order valence-electron chi connectivity index (χ3n) is 3.53. The van der Waals surface area contributed by atoms with Crippen molar-refractivity contribution in [3.05, 3.63) is 22.2 Å². The Labute approximate surface area is 99.5 Å². The first kappa shape index (κ1) is 11.9. The summed E-state index contributed by atoms with van der Waals surface area (Å²) in [6.07, 6.45) is 4.48. The smallest absolute Gasteiger partial charge is 0.116 e. The summed E-state index contributed by atoms with van der Waals surface area (Å²) in [6, 6.07) is 1.22. The summed E-state index contributed by atoms with van der Waals surface area (Å²) in [4.78, 5) is 0. The van der Waals surface area contributed by atoms with Crippen molar-refractivity contribution in [3.63, 3.8) is 0 Å². The summed E-state index contributed by atoms with van der Waals surface area (Å²) in [6.45, 7) is 9.42. The summed E-state index contributed by atoms with van der Waals surface area (Å²) < 4.78 is 0. The molecule has 1 fully saturated rings. The van der Waals surface area contributed by atoms with Crippen molar-refractivity contribution in [2.45, 2.75) is 51.7 Å². The SMILES string of the molecule is CC(C)(C)NC1=C2C(=CC1)[Si]2(C)CCCO. The lowest BCUT2D eigenvalue weighted by atomic mass is 10.1. The predicted molar refractivity (Wildman–Crippen MR) is 70.7 cm³/mol. The summed E-state index contributed by atoms with van der Waals surface area (Å²) in [5.74, 6) is 0. The number of allylic oxidation sites excluding steroid dienone is 3. The van der Waals surface area contributed by atoms with Crippen molar-refractivity contribution < 1.29 is 5.11 Å². The predicted octanol–water partition coefficient (Wildman–Crippen LogP) is 2.51. The van der Waals surface area contributed by atoms with Gasteiger partial charge >= 0.3 is 0 Å². The minimum atomic E-state index is -1.22. The van der Waals surface area contributed by atoms with Crippen LogP contribution in [-0.4, -0.2) is 25.3 Å². The van der Waals surface area contributed by atoms with Crippen LogP contribution in [0.15, 0.2) is 22.2 Å². The van der Waals surface area contributed by atoms with Crippen molar-refractivity contribution in [2.24, 2.45) is 0 Å². The molecular weight excluding hydrogens is 214 g/mol. The van der Waals surface area contributed by atoms with Crippen LogP contribution in [0.4, 0.5) is 0 Å². The minimum absolute atomic E-state index is 0.167. The first-order chi connectivity index (χ1) is 7.38. The highest BCUT2D eigenvalue weighted by molar-refractivity contribution is 7.07. The highest BCUT2D eigenvalue weighted by atomic mass is 28.3. The Morgan fingerprint density at radius 2 is 2.12 bits per heavy atom. The normalized spacial score (nSPS) is 27.9. The van der Waals surface area contributed by atoms with Gasteiger partial charge in [-0.15, -0.1) is 0 Å². The maximum atomic E-state index is 8.94. The van der Waals surface area contributed by atoms with Gasteiger partial charge in [0.25, 0.3) is 0 Å². The van der Waals surface area contributed by atoms with Gasteiger partial charge in [-0.2, -0.15) is 0 Å². The highest BCUT2D eigenvalue weighted by Gasteiger charge is 2.55. The molecule has 0 aromatic heterocycles. The second kappa shape index (κ2) is 3.74. The molecule has 0 spiro atoms. The van der Waals surface area contributed by atoms with Crippen LogP contribution in [0.1, 0.15) is 33.6 Å². The van der Waals surface area contributed by atoms with Crippen LogP contribution in [0.25, 0.3) is 0 Å². The number of hydrogen-bond donors (Lipinski definition) is 2. The fraction of sp³-hybridized carbons (Fsp3) is 0.692.